The molecule has 3 fully saturated rings. The first-order valence-corrected chi connectivity index (χ1v) is 11.6. The Morgan fingerprint density at radius 3 is 2.61 bits per heavy atom. The van der Waals surface area contributed by atoms with Crippen molar-refractivity contribution < 1.29 is 35.0 Å². The topological polar surface area (TPSA) is 120 Å². The van der Waals surface area contributed by atoms with Gasteiger partial charge >= 0.3 is 0 Å². The van der Waals surface area contributed by atoms with Gasteiger partial charge in [-0.25, -0.2) is 0 Å². The molecule has 5 rings (SSSR count). The molecule has 10 atom stereocenters. The first-order valence-electron chi connectivity index (χ1n) is 11.6. The zero-order valence-corrected chi connectivity index (χ0v) is 17.9. The van der Waals surface area contributed by atoms with Crippen molar-refractivity contribution in [3.63, 3.8) is 0 Å². The van der Waals surface area contributed by atoms with Crippen molar-refractivity contribution in [3.8, 4) is 5.75 Å². The molecule has 5 N–H and O–H groups in total. The van der Waals surface area contributed by atoms with Gasteiger partial charge in [-0.15, -0.1) is 0 Å². The Balaban J connectivity index is 1.34. The van der Waals surface area contributed by atoms with E-state index in [1.165, 1.54) is 11.1 Å². The highest BCUT2D eigenvalue weighted by Crippen LogP contribution is 2.60. The van der Waals surface area contributed by atoms with Gasteiger partial charge in [0, 0.05) is 0 Å². The van der Waals surface area contributed by atoms with Gasteiger partial charge in [0.15, 0.2) is 0 Å². The van der Waals surface area contributed by atoms with Crippen LogP contribution < -0.4 is 4.74 Å². The van der Waals surface area contributed by atoms with Crippen LogP contribution in [0.25, 0.3) is 0 Å². The second-order valence-corrected chi connectivity index (χ2v) is 10.2. The zero-order chi connectivity index (χ0) is 21.9. The maximum atomic E-state index is 10.6. The summed E-state index contributed by atoms with van der Waals surface area (Å²) in [6.45, 7) is 1.80. The van der Waals surface area contributed by atoms with Gasteiger partial charge in [-0.2, -0.15) is 0 Å². The lowest BCUT2D eigenvalue weighted by molar-refractivity contribution is -0.277. The summed E-state index contributed by atoms with van der Waals surface area (Å²) in [7, 11) is 0. The SMILES string of the molecule is C[C@]12CC[C@@H]3c4ccc(OC5O[C@H](CO)[C@@H](O)[C@H](O)[C@H]5O)cc4CC[C@H]3[C@@H]1CC[C@@H]2O. The number of hydrogen-bond acceptors (Lipinski definition) is 7. The molecule has 1 aromatic carbocycles. The Labute approximate surface area is 182 Å². The molecule has 172 valence electrons. The van der Waals surface area contributed by atoms with Crippen LogP contribution in [0.3, 0.4) is 0 Å². The first kappa shape index (κ1) is 21.6. The maximum Gasteiger partial charge on any atom is 0.229 e. The number of hydrogen-bond donors (Lipinski definition) is 5. The van der Waals surface area contributed by atoms with Crippen LogP contribution in [-0.2, 0) is 11.2 Å². The van der Waals surface area contributed by atoms with Gasteiger partial charge in [-0.05, 0) is 85.0 Å². The third kappa shape index (κ3) is 3.41. The van der Waals surface area contributed by atoms with E-state index >= 15 is 0 Å². The molecule has 1 saturated heterocycles. The van der Waals surface area contributed by atoms with E-state index in [0.717, 1.165) is 38.5 Å². The van der Waals surface area contributed by atoms with Gasteiger partial charge in [-0.1, -0.05) is 13.0 Å². The molecule has 4 aliphatic rings. The summed E-state index contributed by atoms with van der Waals surface area (Å²) >= 11 is 0. The minimum absolute atomic E-state index is 0.0603. The summed E-state index contributed by atoms with van der Waals surface area (Å²) in [5.74, 6) is 2.24. The molecule has 0 radical (unpaired) electrons. The van der Waals surface area contributed by atoms with Crippen molar-refractivity contribution in [1.82, 2.24) is 0 Å². The summed E-state index contributed by atoms with van der Waals surface area (Å²) in [5, 5.41) is 50.1. The van der Waals surface area contributed by atoms with Gasteiger partial charge in [-0.3, -0.25) is 0 Å². The maximum absolute atomic E-state index is 10.6. The van der Waals surface area contributed by atoms with Crippen molar-refractivity contribution in [2.45, 2.75) is 88.2 Å². The summed E-state index contributed by atoms with van der Waals surface area (Å²) in [5.41, 5.74) is 2.66. The van der Waals surface area contributed by atoms with E-state index in [-0.39, 0.29) is 11.5 Å². The van der Waals surface area contributed by atoms with E-state index in [1.807, 2.05) is 12.1 Å². The number of rotatable bonds is 3. The Hall–Kier alpha value is -1.22. The second-order valence-electron chi connectivity index (χ2n) is 10.2. The first-order chi connectivity index (χ1) is 14.8. The molecule has 0 aromatic heterocycles. The molecule has 2 saturated carbocycles. The van der Waals surface area contributed by atoms with Gasteiger partial charge < -0.3 is 35.0 Å². The van der Waals surface area contributed by atoms with Crippen LogP contribution in [0, 0.1) is 17.3 Å². The van der Waals surface area contributed by atoms with Gasteiger partial charge in [0.1, 0.15) is 30.2 Å². The van der Waals surface area contributed by atoms with Gasteiger partial charge in [0.25, 0.3) is 0 Å². The van der Waals surface area contributed by atoms with Crippen molar-refractivity contribution >= 4 is 0 Å². The molecule has 1 aliphatic heterocycles. The zero-order valence-electron chi connectivity index (χ0n) is 17.9. The molecule has 7 nitrogen and oxygen atoms in total. The lowest BCUT2D eigenvalue weighted by atomic mass is 9.55. The molecule has 1 heterocycles. The van der Waals surface area contributed by atoms with Crippen LogP contribution in [0.4, 0.5) is 0 Å². The predicted molar refractivity (Wildman–Crippen MR) is 111 cm³/mol. The number of benzene rings is 1. The average Bonchev–Trinajstić information content (AvgIpc) is 3.08. The van der Waals surface area contributed by atoms with E-state index in [0.29, 0.717) is 23.5 Å². The second kappa shape index (κ2) is 7.97. The highest BCUT2D eigenvalue weighted by molar-refractivity contribution is 5.41. The van der Waals surface area contributed by atoms with E-state index in [1.54, 1.807) is 0 Å². The van der Waals surface area contributed by atoms with Crippen molar-refractivity contribution in [1.29, 1.82) is 0 Å². The van der Waals surface area contributed by atoms with Crippen LogP contribution >= 0.6 is 0 Å². The predicted octanol–water partition coefficient (Wildman–Crippen LogP) is 1.08. The smallest absolute Gasteiger partial charge is 0.229 e. The number of aliphatic hydroxyl groups excluding tert-OH is 5. The fraction of sp³-hybridized carbons (Fsp3) is 0.750. The van der Waals surface area contributed by atoms with Crippen LogP contribution in [0.15, 0.2) is 18.2 Å². The molecular formula is C24H34O7. The summed E-state index contributed by atoms with van der Waals surface area (Å²) in [4.78, 5) is 0. The lowest BCUT2D eigenvalue weighted by Gasteiger charge is -2.50. The highest BCUT2D eigenvalue weighted by Gasteiger charge is 2.54. The number of ether oxygens (including phenoxy) is 2. The van der Waals surface area contributed by atoms with Crippen LogP contribution in [0.5, 0.6) is 5.75 Å². The fourth-order valence-corrected chi connectivity index (χ4v) is 6.90. The van der Waals surface area contributed by atoms with Crippen LogP contribution in [0.1, 0.15) is 56.1 Å². The Kier molecular flexibility index (Phi) is 5.56. The molecule has 1 unspecified atom stereocenters. The third-order valence-corrected chi connectivity index (χ3v) is 8.75. The fourth-order valence-electron chi connectivity index (χ4n) is 6.90. The standard InChI is InChI=1S/C24H34O7/c1-24-9-8-15-14-5-3-13(30-23-22(29)21(28)20(27)18(11-25)31-23)10-12(14)2-4-16(15)17(24)6-7-19(24)26/h3,5,10,15-23,25-29H,2,4,6-9,11H2,1H3/t15-,16-,17+,18-,19+,20-,21+,22-,23?,24+/m1/s1. The molecule has 31 heavy (non-hydrogen) atoms. The Morgan fingerprint density at radius 1 is 1.03 bits per heavy atom. The van der Waals surface area contributed by atoms with Gasteiger partial charge in [0.05, 0.1) is 12.7 Å². The quantitative estimate of drug-likeness (QED) is 0.483. The largest absolute Gasteiger partial charge is 0.462 e. The minimum Gasteiger partial charge on any atom is -0.462 e. The van der Waals surface area contributed by atoms with Crippen LogP contribution in [0.2, 0.25) is 0 Å². The van der Waals surface area contributed by atoms with Crippen LogP contribution in [-0.4, -0.2) is 68.9 Å². The van der Waals surface area contributed by atoms with E-state index < -0.39 is 37.3 Å². The Morgan fingerprint density at radius 2 is 1.84 bits per heavy atom. The number of aryl methyl sites for hydroxylation is 1. The minimum atomic E-state index is -1.45. The normalized spacial score (nSPS) is 46.7. The highest BCUT2D eigenvalue weighted by atomic mass is 16.7. The average molecular weight is 435 g/mol. The van der Waals surface area contributed by atoms with Crippen molar-refractivity contribution in [3.05, 3.63) is 29.3 Å². The molecule has 0 amide bonds. The third-order valence-electron chi connectivity index (χ3n) is 8.75. The van der Waals surface area contributed by atoms with E-state index in [4.69, 9.17) is 9.47 Å². The molecule has 1 aromatic rings. The molecule has 0 spiro atoms. The Bertz CT molecular complexity index is 813. The summed E-state index contributed by atoms with van der Waals surface area (Å²) < 4.78 is 11.3. The van der Waals surface area contributed by atoms with E-state index in [2.05, 4.69) is 13.0 Å². The lowest BCUT2D eigenvalue weighted by Crippen LogP contribution is -2.60. The molecule has 3 aliphatic carbocycles. The van der Waals surface area contributed by atoms with Gasteiger partial charge in [0.2, 0.25) is 6.29 Å². The monoisotopic (exact) mass is 434 g/mol. The summed E-state index contributed by atoms with van der Waals surface area (Å²) in [6.07, 6.45) is -0.344. The number of aliphatic hydroxyl groups is 5. The number of fused-ring (bicyclic) bond motifs is 5. The van der Waals surface area contributed by atoms with Crippen molar-refractivity contribution in [2.24, 2.45) is 17.3 Å². The van der Waals surface area contributed by atoms with Crippen molar-refractivity contribution in [2.75, 3.05) is 6.61 Å². The molecular weight excluding hydrogens is 400 g/mol. The summed E-state index contributed by atoms with van der Waals surface area (Å²) in [6, 6.07) is 5.98. The molecule has 7 heteroatoms. The van der Waals surface area contributed by atoms with E-state index in [9.17, 15) is 25.5 Å². The molecule has 0 bridgehead atoms.